The Morgan fingerprint density at radius 3 is 1.46 bits per heavy atom. The van der Waals surface area contributed by atoms with Gasteiger partial charge in [-0.15, -0.1) is 0 Å². The Hall–Kier alpha value is -6.64. The zero-order valence-corrected chi connectivity index (χ0v) is 27.0. The maximum Gasteiger partial charge on any atom is 0.143 e. The number of fused-ring (bicyclic) bond motifs is 4. The summed E-state index contributed by atoms with van der Waals surface area (Å²) in [5.74, 6) is 0.891. The molecule has 2 nitrogen and oxygen atoms in total. The highest BCUT2D eigenvalue weighted by atomic mass is 16.3. The van der Waals surface area contributed by atoms with E-state index < -0.39 is 0 Å². The van der Waals surface area contributed by atoms with Gasteiger partial charge in [0.25, 0.3) is 0 Å². The molecule has 0 amide bonds. The maximum atomic E-state index is 6.74. The highest BCUT2D eigenvalue weighted by Gasteiger charge is 2.23. The van der Waals surface area contributed by atoms with Crippen LogP contribution in [0.5, 0.6) is 0 Å². The van der Waals surface area contributed by atoms with Crippen LogP contribution in [0.1, 0.15) is 0 Å². The summed E-state index contributed by atoms with van der Waals surface area (Å²) in [7, 11) is 0. The van der Waals surface area contributed by atoms with Crippen LogP contribution in [0, 0.1) is 0 Å². The smallest absolute Gasteiger partial charge is 0.143 e. The van der Waals surface area contributed by atoms with Crippen molar-refractivity contribution < 1.29 is 8.83 Å². The third-order valence-corrected chi connectivity index (χ3v) is 10.5. The maximum absolute atomic E-state index is 6.74. The SMILES string of the molecule is c1ccc(-c2oc3cccc(-c4ccc5ccc6c(-c7cccc8oc9ccccc9c78)ccc7ccc4c5c76)c3c2-c2ccccc2)cc1. The standard InChI is InChI=1S/C48H28O2/c1-3-11-29(12-4-1)45-47-36(17-10-20-42(47)50-48(45)32-13-5-2-6-14-32)34-26-22-31-23-27-37-33(25-21-30-24-28-38(34)44(31)43(30)37)35-16-9-19-41-46(35)39-15-7-8-18-40(39)49-41/h1-28H. The van der Waals surface area contributed by atoms with Crippen LogP contribution in [0.15, 0.2) is 179 Å². The molecule has 11 aromatic rings. The monoisotopic (exact) mass is 636 g/mol. The molecule has 2 heteroatoms. The molecule has 0 unspecified atom stereocenters. The minimum Gasteiger partial charge on any atom is -0.456 e. The molecule has 0 N–H and O–H groups in total. The number of para-hydroxylation sites is 1. The van der Waals surface area contributed by atoms with Crippen molar-refractivity contribution >= 4 is 65.2 Å². The summed E-state index contributed by atoms with van der Waals surface area (Å²) in [4.78, 5) is 0. The summed E-state index contributed by atoms with van der Waals surface area (Å²) in [6.07, 6.45) is 0. The number of hydrogen-bond acceptors (Lipinski definition) is 2. The fourth-order valence-electron chi connectivity index (χ4n) is 8.32. The van der Waals surface area contributed by atoms with E-state index in [0.717, 1.165) is 55.4 Å². The first-order valence-corrected chi connectivity index (χ1v) is 17.1. The van der Waals surface area contributed by atoms with Crippen molar-refractivity contribution in [3.8, 4) is 44.7 Å². The summed E-state index contributed by atoms with van der Waals surface area (Å²) in [5.41, 5.74) is 10.8. The Labute approximate surface area is 287 Å². The van der Waals surface area contributed by atoms with Crippen molar-refractivity contribution in [2.24, 2.45) is 0 Å². The summed E-state index contributed by atoms with van der Waals surface area (Å²) in [6, 6.07) is 60.6. The molecule has 0 atom stereocenters. The third kappa shape index (κ3) is 3.85. The first kappa shape index (κ1) is 27.3. The van der Waals surface area contributed by atoms with E-state index in [1.807, 2.05) is 12.1 Å². The van der Waals surface area contributed by atoms with E-state index >= 15 is 0 Å². The van der Waals surface area contributed by atoms with E-state index in [-0.39, 0.29) is 0 Å². The van der Waals surface area contributed by atoms with E-state index in [1.54, 1.807) is 0 Å². The van der Waals surface area contributed by atoms with Gasteiger partial charge >= 0.3 is 0 Å². The highest BCUT2D eigenvalue weighted by molar-refractivity contribution is 6.29. The second kappa shape index (κ2) is 10.4. The summed E-state index contributed by atoms with van der Waals surface area (Å²) in [6.45, 7) is 0. The molecule has 2 heterocycles. The quantitative estimate of drug-likeness (QED) is 0.180. The van der Waals surface area contributed by atoms with Crippen molar-refractivity contribution in [1.29, 1.82) is 0 Å². The lowest BCUT2D eigenvalue weighted by atomic mass is 9.85. The van der Waals surface area contributed by atoms with Gasteiger partial charge in [0.05, 0.1) is 0 Å². The number of furan rings is 2. The molecule has 0 bridgehead atoms. The lowest BCUT2D eigenvalue weighted by Crippen LogP contribution is -1.90. The molecule has 0 aliphatic heterocycles. The van der Waals surface area contributed by atoms with Crippen LogP contribution < -0.4 is 0 Å². The van der Waals surface area contributed by atoms with Gasteiger partial charge in [-0.25, -0.2) is 0 Å². The van der Waals surface area contributed by atoms with E-state index in [1.165, 1.54) is 54.6 Å². The average Bonchev–Trinajstić information content (AvgIpc) is 3.77. The Balaban J connectivity index is 1.21. The Morgan fingerprint density at radius 1 is 0.280 bits per heavy atom. The molecule has 0 aliphatic carbocycles. The Morgan fingerprint density at radius 2 is 0.800 bits per heavy atom. The van der Waals surface area contributed by atoms with Crippen LogP contribution in [-0.4, -0.2) is 0 Å². The van der Waals surface area contributed by atoms with Crippen LogP contribution in [0.25, 0.3) is 110 Å². The molecule has 0 fully saturated rings. The fraction of sp³-hybridized carbons (Fsp3) is 0. The topological polar surface area (TPSA) is 26.3 Å². The molecule has 0 saturated heterocycles. The van der Waals surface area contributed by atoms with E-state index in [4.69, 9.17) is 8.83 Å². The van der Waals surface area contributed by atoms with Crippen molar-refractivity contribution in [2.75, 3.05) is 0 Å². The number of hydrogen-bond donors (Lipinski definition) is 0. The third-order valence-electron chi connectivity index (χ3n) is 10.5. The molecule has 11 rings (SSSR count). The molecule has 2 aromatic heterocycles. The Kier molecular flexibility index (Phi) is 5.70. The molecule has 0 saturated carbocycles. The number of rotatable bonds is 4. The normalized spacial score (nSPS) is 12.0. The summed E-state index contributed by atoms with van der Waals surface area (Å²) < 4.78 is 13.0. The van der Waals surface area contributed by atoms with Gasteiger partial charge in [0, 0.05) is 27.3 Å². The fourth-order valence-corrected chi connectivity index (χ4v) is 8.32. The summed E-state index contributed by atoms with van der Waals surface area (Å²) in [5, 5.41) is 11.0. The van der Waals surface area contributed by atoms with Gasteiger partial charge in [0.1, 0.15) is 22.5 Å². The van der Waals surface area contributed by atoms with Crippen LogP contribution in [0.4, 0.5) is 0 Å². The molecular formula is C48H28O2. The van der Waals surface area contributed by atoms with Crippen molar-refractivity contribution in [3.63, 3.8) is 0 Å². The molecular weight excluding hydrogens is 609 g/mol. The average molecular weight is 637 g/mol. The van der Waals surface area contributed by atoms with Crippen molar-refractivity contribution in [3.05, 3.63) is 170 Å². The van der Waals surface area contributed by atoms with E-state index in [2.05, 4.69) is 158 Å². The molecule has 232 valence electrons. The minimum atomic E-state index is 0.883. The lowest BCUT2D eigenvalue weighted by Gasteiger charge is -2.17. The predicted molar refractivity (Wildman–Crippen MR) is 209 cm³/mol. The number of benzene rings is 9. The van der Waals surface area contributed by atoms with Crippen LogP contribution in [0.3, 0.4) is 0 Å². The van der Waals surface area contributed by atoms with Gasteiger partial charge in [-0.1, -0.05) is 152 Å². The van der Waals surface area contributed by atoms with Gasteiger partial charge in [-0.3, -0.25) is 0 Å². The van der Waals surface area contributed by atoms with Gasteiger partial charge < -0.3 is 8.83 Å². The van der Waals surface area contributed by atoms with E-state index in [0.29, 0.717) is 0 Å². The van der Waals surface area contributed by atoms with Crippen molar-refractivity contribution in [2.45, 2.75) is 0 Å². The highest BCUT2D eigenvalue weighted by Crippen LogP contribution is 2.48. The second-order valence-electron chi connectivity index (χ2n) is 13.1. The first-order valence-electron chi connectivity index (χ1n) is 17.1. The van der Waals surface area contributed by atoms with E-state index in [9.17, 15) is 0 Å². The zero-order valence-electron chi connectivity index (χ0n) is 27.0. The van der Waals surface area contributed by atoms with Gasteiger partial charge in [0.2, 0.25) is 0 Å². The van der Waals surface area contributed by atoms with Gasteiger partial charge in [-0.2, -0.15) is 0 Å². The van der Waals surface area contributed by atoms with Crippen LogP contribution in [-0.2, 0) is 0 Å². The first-order chi connectivity index (χ1) is 24.8. The molecule has 50 heavy (non-hydrogen) atoms. The Bertz CT molecular complexity index is 3070. The zero-order chi connectivity index (χ0) is 32.8. The molecule has 0 radical (unpaired) electrons. The van der Waals surface area contributed by atoms with Crippen LogP contribution >= 0.6 is 0 Å². The van der Waals surface area contributed by atoms with Gasteiger partial charge in [0.15, 0.2) is 0 Å². The predicted octanol–water partition coefficient (Wildman–Crippen LogP) is 13.9. The lowest BCUT2D eigenvalue weighted by molar-refractivity contribution is 0.632. The molecule has 0 aliphatic rings. The minimum absolute atomic E-state index is 0.883. The largest absolute Gasteiger partial charge is 0.456 e. The van der Waals surface area contributed by atoms with Crippen LogP contribution in [0.2, 0.25) is 0 Å². The second-order valence-corrected chi connectivity index (χ2v) is 13.1. The van der Waals surface area contributed by atoms with Crippen molar-refractivity contribution in [1.82, 2.24) is 0 Å². The molecule has 9 aromatic carbocycles. The van der Waals surface area contributed by atoms with Gasteiger partial charge in [-0.05, 0) is 78.3 Å². The molecule has 0 spiro atoms. The summed E-state index contributed by atoms with van der Waals surface area (Å²) >= 11 is 0.